The Morgan fingerprint density at radius 1 is 1.53 bits per heavy atom. The van der Waals surface area contributed by atoms with Gasteiger partial charge in [-0.15, -0.1) is 0 Å². The number of piperidine rings is 1. The molecule has 0 saturated carbocycles. The fourth-order valence-electron chi connectivity index (χ4n) is 1.79. The second-order valence-corrected chi connectivity index (χ2v) is 4.10. The number of nitrogens with one attached hydrogen (secondary N) is 2. The highest BCUT2D eigenvalue weighted by molar-refractivity contribution is 5.77. The van der Waals surface area contributed by atoms with E-state index in [2.05, 4.69) is 23.6 Å². The van der Waals surface area contributed by atoms with Crippen molar-refractivity contribution in [2.75, 3.05) is 13.1 Å². The van der Waals surface area contributed by atoms with Crippen LogP contribution in [0.25, 0.3) is 0 Å². The lowest BCUT2D eigenvalue weighted by Crippen LogP contribution is -2.53. The van der Waals surface area contributed by atoms with E-state index in [4.69, 9.17) is 5.26 Å². The summed E-state index contributed by atoms with van der Waals surface area (Å²) in [6.07, 6.45) is 3.86. The summed E-state index contributed by atoms with van der Waals surface area (Å²) in [5.74, 6) is 0.0142. The number of carbonyl (C=O) groups excluding carboxylic acids is 1. The third kappa shape index (κ3) is 3.52. The third-order valence-electron chi connectivity index (χ3n) is 2.81. The van der Waals surface area contributed by atoms with Gasteiger partial charge >= 0.3 is 0 Å². The summed E-state index contributed by atoms with van der Waals surface area (Å²) in [4.78, 5) is 11.6. The van der Waals surface area contributed by atoms with E-state index in [1.54, 1.807) is 0 Å². The first kappa shape index (κ1) is 12.0. The zero-order valence-electron chi connectivity index (χ0n) is 9.31. The molecule has 4 heteroatoms. The molecule has 1 rings (SSSR count). The Morgan fingerprint density at radius 3 is 2.73 bits per heavy atom. The first-order valence-corrected chi connectivity index (χ1v) is 5.65. The fraction of sp³-hybridized carbons (Fsp3) is 0.818. The molecule has 2 N–H and O–H groups in total. The highest BCUT2D eigenvalue weighted by Gasteiger charge is 2.33. The Balaban J connectivity index is 2.45. The van der Waals surface area contributed by atoms with E-state index >= 15 is 0 Å². The Hall–Kier alpha value is -1.08. The van der Waals surface area contributed by atoms with Crippen LogP contribution < -0.4 is 10.6 Å². The first-order chi connectivity index (χ1) is 7.22. The van der Waals surface area contributed by atoms with Crippen molar-refractivity contribution in [2.45, 2.75) is 44.6 Å². The minimum absolute atomic E-state index is 0.0142. The van der Waals surface area contributed by atoms with Crippen LogP contribution in [-0.2, 0) is 4.79 Å². The maximum Gasteiger partial charge on any atom is 0.221 e. The van der Waals surface area contributed by atoms with Crippen LogP contribution in [0.4, 0.5) is 0 Å². The van der Waals surface area contributed by atoms with Crippen molar-refractivity contribution in [1.29, 1.82) is 5.26 Å². The summed E-state index contributed by atoms with van der Waals surface area (Å²) in [6.45, 7) is 3.67. The van der Waals surface area contributed by atoms with Crippen molar-refractivity contribution in [3.8, 4) is 6.07 Å². The van der Waals surface area contributed by atoms with E-state index in [-0.39, 0.29) is 5.91 Å². The van der Waals surface area contributed by atoms with Crippen molar-refractivity contribution in [3.05, 3.63) is 0 Å². The molecule has 4 nitrogen and oxygen atoms in total. The first-order valence-electron chi connectivity index (χ1n) is 5.65. The highest BCUT2D eigenvalue weighted by atomic mass is 16.1. The second-order valence-electron chi connectivity index (χ2n) is 4.10. The van der Waals surface area contributed by atoms with Gasteiger partial charge in [-0.1, -0.05) is 13.3 Å². The molecule has 1 aliphatic heterocycles. The van der Waals surface area contributed by atoms with Gasteiger partial charge < -0.3 is 10.6 Å². The largest absolute Gasteiger partial charge is 0.338 e. The topological polar surface area (TPSA) is 64.9 Å². The summed E-state index contributed by atoms with van der Waals surface area (Å²) in [6, 6.07) is 2.25. The Bertz CT molecular complexity index is 251. The molecule has 1 fully saturated rings. The Labute approximate surface area is 91.0 Å². The van der Waals surface area contributed by atoms with Gasteiger partial charge in [-0.2, -0.15) is 5.26 Å². The van der Waals surface area contributed by atoms with Gasteiger partial charge in [-0.25, -0.2) is 0 Å². The SMILES string of the molecule is CCCCC(=O)NC1(C#N)CCNCC1. The summed E-state index contributed by atoms with van der Waals surface area (Å²) in [5, 5.41) is 15.2. The van der Waals surface area contributed by atoms with Crippen LogP contribution in [-0.4, -0.2) is 24.5 Å². The molecule has 1 saturated heterocycles. The normalized spacial score (nSPS) is 19.2. The van der Waals surface area contributed by atoms with Gasteiger partial charge in [0.05, 0.1) is 6.07 Å². The van der Waals surface area contributed by atoms with E-state index < -0.39 is 5.54 Å². The van der Waals surface area contributed by atoms with Crippen LogP contribution in [0.3, 0.4) is 0 Å². The summed E-state index contributed by atoms with van der Waals surface area (Å²) in [7, 11) is 0. The maximum absolute atomic E-state index is 11.6. The van der Waals surface area contributed by atoms with Crippen molar-refractivity contribution in [1.82, 2.24) is 10.6 Å². The molecular formula is C11H19N3O. The molecule has 84 valence electrons. The Morgan fingerprint density at radius 2 is 2.20 bits per heavy atom. The third-order valence-corrected chi connectivity index (χ3v) is 2.81. The predicted octanol–water partition coefficient (Wildman–Crippen LogP) is 0.939. The average Bonchev–Trinajstić information content (AvgIpc) is 2.27. The van der Waals surface area contributed by atoms with Crippen LogP contribution in [0.1, 0.15) is 39.0 Å². The number of nitrogens with zero attached hydrogens (tertiary/aromatic N) is 1. The quantitative estimate of drug-likeness (QED) is 0.724. The number of amides is 1. The van der Waals surface area contributed by atoms with Crippen LogP contribution in [0.15, 0.2) is 0 Å². The lowest BCUT2D eigenvalue weighted by molar-refractivity contribution is -0.122. The lowest BCUT2D eigenvalue weighted by atomic mass is 9.89. The van der Waals surface area contributed by atoms with E-state index in [0.717, 1.165) is 25.9 Å². The van der Waals surface area contributed by atoms with Crippen LogP contribution >= 0.6 is 0 Å². The van der Waals surface area contributed by atoms with Crippen molar-refractivity contribution >= 4 is 5.91 Å². The average molecular weight is 209 g/mol. The van der Waals surface area contributed by atoms with Gasteiger partial charge in [0.15, 0.2) is 0 Å². The minimum Gasteiger partial charge on any atom is -0.338 e. The van der Waals surface area contributed by atoms with E-state index in [1.165, 1.54) is 0 Å². The molecule has 15 heavy (non-hydrogen) atoms. The number of carbonyl (C=O) groups is 1. The number of unbranched alkanes of at least 4 members (excludes halogenated alkanes) is 1. The standard InChI is InChI=1S/C11H19N3O/c1-2-3-4-10(15)14-11(9-12)5-7-13-8-6-11/h13H,2-8H2,1H3,(H,14,15). The summed E-state index contributed by atoms with van der Waals surface area (Å²) >= 11 is 0. The monoisotopic (exact) mass is 209 g/mol. The van der Waals surface area contributed by atoms with Crippen molar-refractivity contribution in [2.24, 2.45) is 0 Å². The molecular weight excluding hydrogens is 190 g/mol. The lowest BCUT2D eigenvalue weighted by Gasteiger charge is -2.32. The molecule has 0 unspecified atom stereocenters. The van der Waals surface area contributed by atoms with Crippen molar-refractivity contribution in [3.63, 3.8) is 0 Å². The van der Waals surface area contributed by atoms with Gasteiger partial charge in [0.1, 0.15) is 5.54 Å². The summed E-state index contributed by atoms with van der Waals surface area (Å²) < 4.78 is 0. The van der Waals surface area contributed by atoms with Crippen LogP contribution in [0.2, 0.25) is 0 Å². The fourth-order valence-corrected chi connectivity index (χ4v) is 1.79. The second kappa shape index (κ2) is 5.72. The molecule has 0 aromatic heterocycles. The molecule has 0 spiro atoms. The van der Waals surface area contributed by atoms with Gasteiger partial charge in [0.25, 0.3) is 0 Å². The molecule has 1 aliphatic rings. The zero-order valence-corrected chi connectivity index (χ0v) is 9.31. The highest BCUT2D eigenvalue weighted by Crippen LogP contribution is 2.17. The molecule has 0 radical (unpaired) electrons. The van der Waals surface area contributed by atoms with Gasteiger partial charge in [-0.3, -0.25) is 4.79 Å². The molecule has 0 atom stereocenters. The summed E-state index contributed by atoms with van der Waals surface area (Å²) in [5.41, 5.74) is -0.615. The van der Waals surface area contributed by atoms with E-state index in [0.29, 0.717) is 19.3 Å². The number of hydrogen-bond donors (Lipinski definition) is 2. The van der Waals surface area contributed by atoms with E-state index in [9.17, 15) is 4.79 Å². The number of nitriles is 1. The number of rotatable bonds is 4. The molecule has 0 aromatic carbocycles. The Kier molecular flexibility index (Phi) is 4.57. The number of hydrogen-bond acceptors (Lipinski definition) is 3. The maximum atomic E-state index is 11.6. The van der Waals surface area contributed by atoms with Crippen LogP contribution in [0, 0.1) is 11.3 Å². The van der Waals surface area contributed by atoms with Crippen LogP contribution in [0.5, 0.6) is 0 Å². The van der Waals surface area contributed by atoms with Gasteiger partial charge in [0, 0.05) is 6.42 Å². The van der Waals surface area contributed by atoms with Crippen molar-refractivity contribution < 1.29 is 4.79 Å². The molecule has 1 amide bonds. The molecule has 0 bridgehead atoms. The van der Waals surface area contributed by atoms with Gasteiger partial charge in [0.2, 0.25) is 5.91 Å². The minimum atomic E-state index is -0.615. The van der Waals surface area contributed by atoms with Gasteiger partial charge in [-0.05, 0) is 32.4 Å². The van der Waals surface area contributed by atoms with E-state index in [1.807, 2.05) is 0 Å². The predicted molar refractivity (Wildman–Crippen MR) is 58.1 cm³/mol. The molecule has 0 aromatic rings. The molecule has 1 heterocycles. The zero-order chi connectivity index (χ0) is 11.1. The smallest absolute Gasteiger partial charge is 0.221 e. The molecule has 0 aliphatic carbocycles.